The largest absolute Gasteiger partial charge is 0.496 e. The lowest BCUT2D eigenvalue weighted by Gasteiger charge is -2.22. The van der Waals surface area contributed by atoms with Gasteiger partial charge in [-0.3, -0.25) is 9.59 Å². The maximum atomic E-state index is 12.4. The van der Waals surface area contributed by atoms with Crippen LogP contribution < -0.4 is 15.4 Å². The number of carbonyl (C=O) groups is 2. The molecule has 3 rings (SSSR count). The Hall–Kier alpha value is -2.34. The summed E-state index contributed by atoms with van der Waals surface area (Å²) >= 11 is 3.38. The number of amides is 2. The van der Waals surface area contributed by atoms with Crippen molar-refractivity contribution in [3.8, 4) is 5.75 Å². The Labute approximate surface area is 167 Å². The molecule has 2 amide bonds. The van der Waals surface area contributed by atoms with Gasteiger partial charge >= 0.3 is 0 Å². The van der Waals surface area contributed by atoms with E-state index in [1.165, 1.54) is 19.3 Å². The van der Waals surface area contributed by atoms with Crippen LogP contribution in [-0.2, 0) is 0 Å². The molecule has 0 atom stereocenters. The number of hydrogen-bond acceptors (Lipinski definition) is 3. The number of methoxy groups -OCH3 is 1. The normalized spacial score (nSPS) is 14.4. The lowest BCUT2D eigenvalue weighted by atomic mass is 9.95. The fourth-order valence-corrected chi connectivity index (χ4v) is 3.77. The first-order chi connectivity index (χ1) is 13.1. The van der Waals surface area contributed by atoms with Gasteiger partial charge in [0.05, 0.1) is 11.6 Å². The predicted octanol–water partition coefficient (Wildman–Crippen LogP) is 4.77. The summed E-state index contributed by atoms with van der Waals surface area (Å²) in [5.41, 5.74) is 1.76. The van der Waals surface area contributed by atoms with E-state index in [1.54, 1.807) is 49.6 Å². The van der Waals surface area contributed by atoms with E-state index in [-0.39, 0.29) is 17.9 Å². The van der Waals surface area contributed by atoms with Crippen LogP contribution in [0.25, 0.3) is 0 Å². The highest BCUT2D eigenvalue weighted by Crippen LogP contribution is 2.26. The van der Waals surface area contributed by atoms with E-state index in [0.717, 1.165) is 12.8 Å². The predicted molar refractivity (Wildman–Crippen MR) is 109 cm³/mol. The quantitative estimate of drug-likeness (QED) is 0.717. The van der Waals surface area contributed by atoms with Crippen molar-refractivity contribution in [1.82, 2.24) is 5.32 Å². The van der Waals surface area contributed by atoms with E-state index in [1.807, 2.05) is 0 Å². The molecule has 0 aromatic heterocycles. The number of hydrogen-bond donors (Lipinski definition) is 2. The SMILES string of the molecule is COc1ccc(C(=O)Nc2ccc(C(=O)NC3CCCCC3)cc2)cc1Br. The Balaban J connectivity index is 1.60. The molecule has 1 aliphatic carbocycles. The molecule has 1 fully saturated rings. The topological polar surface area (TPSA) is 67.4 Å². The Bertz CT molecular complexity index is 815. The van der Waals surface area contributed by atoms with E-state index in [0.29, 0.717) is 27.0 Å². The third kappa shape index (κ3) is 5.10. The summed E-state index contributed by atoms with van der Waals surface area (Å²) in [6.07, 6.45) is 5.72. The van der Waals surface area contributed by atoms with Crippen molar-refractivity contribution in [2.24, 2.45) is 0 Å². The Kier molecular flexibility index (Phi) is 6.50. The number of nitrogens with one attached hydrogen (secondary N) is 2. The van der Waals surface area contributed by atoms with Gasteiger partial charge in [-0.05, 0) is 71.2 Å². The van der Waals surface area contributed by atoms with Gasteiger partial charge in [0.15, 0.2) is 0 Å². The van der Waals surface area contributed by atoms with Gasteiger partial charge in [0.25, 0.3) is 11.8 Å². The third-order valence-corrected chi connectivity index (χ3v) is 5.38. The molecule has 0 unspecified atom stereocenters. The number of carbonyl (C=O) groups excluding carboxylic acids is 2. The highest BCUT2D eigenvalue weighted by Gasteiger charge is 2.16. The molecule has 0 bridgehead atoms. The second-order valence-corrected chi connectivity index (χ2v) is 7.54. The van der Waals surface area contributed by atoms with Crippen LogP contribution in [0.15, 0.2) is 46.9 Å². The molecular weight excluding hydrogens is 408 g/mol. The average Bonchev–Trinajstić information content (AvgIpc) is 2.69. The van der Waals surface area contributed by atoms with Gasteiger partial charge in [0, 0.05) is 22.9 Å². The van der Waals surface area contributed by atoms with Gasteiger partial charge in [0.2, 0.25) is 0 Å². The fourth-order valence-electron chi connectivity index (χ4n) is 3.23. The zero-order chi connectivity index (χ0) is 19.2. The first-order valence-corrected chi connectivity index (χ1v) is 9.92. The van der Waals surface area contributed by atoms with Crippen molar-refractivity contribution in [3.63, 3.8) is 0 Å². The molecule has 1 aliphatic rings. The minimum atomic E-state index is -0.224. The van der Waals surface area contributed by atoms with Gasteiger partial charge in [-0.2, -0.15) is 0 Å². The Morgan fingerprint density at radius 2 is 1.63 bits per heavy atom. The molecule has 0 aliphatic heterocycles. The highest BCUT2D eigenvalue weighted by molar-refractivity contribution is 9.10. The lowest BCUT2D eigenvalue weighted by molar-refractivity contribution is 0.0927. The average molecular weight is 431 g/mol. The van der Waals surface area contributed by atoms with Crippen LogP contribution >= 0.6 is 15.9 Å². The Morgan fingerprint density at radius 1 is 0.963 bits per heavy atom. The maximum absolute atomic E-state index is 12.4. The number of halogens is 1. The summed E-state index contributed by atoms with van der Waals surface area (Å²) in [6.45, 7) is 0. The van der Waals surface area contributed by atoms with Crippen molar-refractivity contribution in [2.75, 3.05) is 12.4 Å². The molecular formula is C21H23BrN2O3. The minimum absolute atomic E-state index is 0.0566. The molecule has 1 saturated carbocycles. The van der Waals surface area contributed by atoms with Gasteiger partial charge in [-0.25, -0.2) is 0 Å². The molecule has 2 N–H and O–H groups in total. The molecule has 27 heavy (non-hydrogen) atoms. The number of anilines is 1. The Morgan fingerprint density at radius 3 is 2.26 bits per heavy atom. The van der Waals surface area contributed by atoms with Crippen LogP contribution in [0.1, 0.15) is 52.8 Å². The summed E-state index contributed by atoms with van der Waals surface area (Å²) in [7, 11) is 1.58. The second kappa shape index (κ2) is 9.04. The molecule has 2 aromatic rings. The lowest BCUT2D eigenvalue weighted by Crippen LogP contribution is -2.36. The van der Waals surface area contributed by atoms with E-state index < -0.39 is 0 Å². The summed E-state index contributed by atoms with van der Waals surface area (Å²) < 4.78 is 5.89. The van der Waals surface area contributed by atoms with Crippen molar-refractivity contribution in [2.45, 2.75) is 38.1 Å². The van der Waals surface area contributed by atoms with Crippen molar-refractivity contribution >= 4 is 33.4 Å². The number of rotatable bonds is 5. The number of ether oxygens (including phenoxy) is 1. The van der Waals surface area contributed by atoms with E-state index in [9.17, 15) is 9.59 Å². The monoisotopic (exact) mass is 430 g/mol. The zero-order valence-corrected chi connectivity index (χ0v) is 16.8. The third-order valence-electron chi connectivity index (χ3n) is 4.76. The minimum Gasteiger partial charge on any atom is -0.496 e. The van der Waals surface area contributed by atoms with E-state index in [2.05, 4.69) is 26.6 Å². The van der Waals surface area contributed by atoms with Crippen molar-refractivity contribution in [3.05, 3.63) is 58.1 Å². The molecule has 0 spiro atoms. The molecule has 5 nitrogen and oxygen atoms in total. The van der Waals surface area contributed by atoms with Crippen LogP contribution in [0.4, 0.5) is 5.69 Å². The van der Waals surface area contributed by atoms with Crippen LogP contribution in [0, 0.1) is 0 Å². The van der Waals surface area contributed by atoms with Crippen LogP contribution in [0.5, 0.6) is 5.75 Å². The zero-order valence-electron chi connectivity index (χ0n) is 15.3. The molecule has 6 heteroatoms. The van der Waals surface area contributed by atoms with E-state index >= 15 is 0 Å². The van der Waals surface area contributed by atoms with Gasteiger partial charge in [-0.15, -0.1) is 0 Å². The van der Waals surface area contributed by atoms with Crippen LogP contribution in [0.3, 0.4) is 0 Å². The highest BCUT2D eigenvalue weighted by atomic mass is 79.9. The summed E-state index contributed by atoms with van der Waals surface area (Å²) in [4.78, 5) is 24.7. The molecule has 142 valence electrons. The summed E-state index contributed by atoms with van der Waals surface area (Å²) in [5, 5.41) is 5.93. The fraction of sp³-hybridized carbons (Fsp3) is 0.333. The van der Waals surface area contributed by atoms with Crippen molar-refractivity contribution in [1.29, 1.82) is 0 Å². The molecule has 0 saturated heterocycles. The van der Waals surface area contributed by atoms with Crippen molar-refractivity contribution < 1.29 is 14.3 Å². The van der Waals surface area contributed by atoms with E-state index in [4.69, 9.17) is 4.74 Å². The van der Waals surface area contributed by atoms with Gasteiger partial charge in [-0.1, -0.05) is 19.3 Å². The number of benzene rings is 2. The smallest absolute Gasteiger partial charge is 0.255 e. The first kappa shape index (κ1) is 19.4. The van der Waals surface area contributed by atoms with Crippen LogP contribution in [0.2, 0.25) is 0 Å². The van der Waals surface area contributed by atoms with Crippen LogP contribution in [-0.4, -0.2) is 25.0 Å². The maximum Gasteiger partial charge on any atom is 0.255 e. The summed E-state index contributed by atoms with van der Waals surface area (Å²) in [5.74, 6) is 0.386. The molecule has 2 aromatic carbocycles. The first-order valence-electron chi connectivity index (χ1n) is 9.12. The van der Waals surface area contributed by atoms with Gasteiger partial charge in [0.1, 0.15) is 5.75 Å². The standard InChI is InChI=1S/C21H23BrN2O3/c1-27-19-12-9-15(13-18(19)22)21(26)24-17-10-7-14(8-11-17)20(25)23-16-5-3-2-4-6-16/h7-13,16H,2-6H2,1H3,(H,23,25)(H,24,26). The summed E-state index contributed by atoms with van der Waals surface area (Å²) in [6, 6.07) is 12.4. The molecule has 0 radical (unpaired) electrons. The van der Waals surface area contributed by atoms with Gasteiger partial charge < -0.3 is 15.4 Å². The molecule has 0 heterocycles. The second-order valence-electron chi connectivity index (χ2n) is 6.69.